The molecule has 68 heavy (non-hydrogen) atoms. The molecule has 19 heteroatoms. The average Bonchev–Trinajstić information content (AvgIpc) is 3.69. The van der Waals surface area contributed by atoms with E-state index in [0.29, 0.717) is 83.8 Å². The normalized spacial score (nSPS) is 14.8. The van der Waals surface area contributed by atoms with Crippen molar-refractivity contribution in [3.8, 4) is 16.6 Å². The number of fused-ring (bicyclic) bond motifs is 1. The molecule has 2 aromatic heterocycles. The Kier molecular flexibility index (Phi) is 19.8. The van der Waals surface area contributed by atoms with Gasteiger partial charge in [0.1, 0.15) is 28.4 Å². The van der Waals surface area contributed by atoms with Crippen molar-refractivity contribution in [2.75, 3.05) is 95.8 Å². The Morgan fingerprint density at radius 1 is 0.618 bits per heavy atom. The van der Waals surface area contributed by atoms with Crippen molar-refractivity contribution in [2.24, 2.45) is 0 Å². The largest absolute Gasteiger partial charge is 0.462 e. The molecule has 0 bridgehead atoms. The average molecular weight is 962 g/mol. The summed E-state index contributed by atoms with van der Waals surface area (Å²) >= 11 is 1.70. The lowest BCUT2D eigenvalue weighted by Crippen LogP contribution is -2.51. The molecule has 4 aromatic rings. The van der Waals surface area contributed by atoms with Gasteiger partial charge in [0, 0.05) is 84.1 Å². The molecule has 0 spiro atoms. The molecule has 3 N–H and O–H groups in total. The van der Waals surface area contributed by atoms with Crippen LogP contribution in [0.15, 0.2) is 48.5 Å². The van der Waals surface area contributed by atoms with Gasteiger partial charge in [-0.2, -0.15) is 15.0 Å². The van der Waals surface area contributed by atoms with Crippen LogP contribution in [0.5, 0.6) is 6.01 Å². The number of thiazole rings is 1. The minimum absolute atomic E-state index is 0.186. The standard InChI is InChI=1S/C49H75N11O7S/c1-11-12-22-51-41-54-42(56-43(55-41)64-34-24-50-35-36-18-20-37(21-19-36)40-53-38-16-13-14-17-39(38)68-40)52-23-15-25-57-26-28-58(44(61)65-47(2,3)4)30-32-60(46(63)67-49(8,9)10)33-31-59(29-27-57)45(62)66-48(5,6)7/h13-14,16-21,50H,11-12,15,22-35H2,1-10H3,(H2,51,52,54,55,56). The van der Waals surface area contributed by atoms with Crippen LogP contribution in [0.25, 0.3) is 20.8 Å². The van der Waals surface area contributed by atoms with Crippen LogP contribution in [0.2, 0.25) is 0 Å². The monoisotopic (exact) mass is 962 g/mol. The molecule has 0 aliphatic carbocycles. The van der Waals surface area contributed by atoms with Gasteiger partial charge in [-0.3, -0.25) is 4.90 Å². The predicted molar refractivity (Wildman–Crippen MR) is 268 cm³/mol. The lowest BCUT2D eigenvalue weighted by Gasteiger charge is -2.35. The van der Waals surface area contributed by atoms with E-state index in [1.165, 1.54) is 9.60 Å². The van der Waals surface area contributed by atoms with E-state index < -0.39 is 35.1 Å². The topological polar surface area (TPSA) is 189 Å². The van der Waals surface area contributed by atoms with Crippen LogP contribution in [-0.4, -0.2) is 160 Å². The number of unbranched alkanes of at least 4 members (excludes halogenated alkanes) is 1. The predicted octanol–water partition coefficient (Wildman–Crippen LogP) is 8.36. The molecule has 374 valence electrons. The van der Waals surface area contributed by atoms with Gasteiger partial charge in [0.15, 0.2) is 0 Å². The number of ether oxygens (including phenoxy) is 4. The lowest BCUT2D eigenvalue weighted by molar-refractivity contribution is 0.00471. The van der Waals surface area contributed by atoms with E-state index in [0.717, 1.165) is 34.5 Å². The molecule has 1 fully saturated rings. The third kappa shape index (κ3) is 18.9. The van der Waals surface area contributed by atoms with Gasteiger partial charge in [-0.25, -0.2) is 19.4 Å². The summed E-state index contributed by atoms with van der Waals surface area (Å²) in [5, 5.41) is 11.1. The van der Waals surface area contributed by atoms with Crippen molar-refractivity contribution >= 4 is 51.7 Å². The first-order valence-electron chi connectivity index (χ1n) is 23.9. The maximum atomic E-state index is 13.5. The first-order valence-corrected chi connectivity index (χ1v) is 24.7. The Morgan fingerprint density at radius 2 is 1.12 bits per heavy atom. The Hall–Kier alpha value is -5.53. The summed E-state index contributed by atoms with van der Waals surface area (Å²) in [4.78, 5) is 66.0. The molecule has 0 unspecified atom stereocenters. The zero-order valence-electron chi connectivity index (χ0n) is 42.0. The summed E-state index contributed by atoms with van der Waals surface area (Å²) in [5.74, 6) is 0.829. The maximum absolute atomic E-state index is 13.5. The number of hydrogen-bond donors (Lipinski definition) is 3. The molecule has 2 aromatic carbocycles. The number of amides is 3. The SMILES string of the molecule is CCCCNc1nc(NCCCN2CCN(C(=O)OC(C)(C)C)CCN(C(=O)OC(C)(C)C)CCN(C(=O)OC(C)(C)C)CC2)nc(OCCNCc2ccc(-c3nc4ccccc4s3)cc2)n1. The third-order valence-corrected chi connectivity index (χ3v) is 11.4. The van der Waals surface area contributed by atoms with Gasteiger partial charge in [0.25, 0.3) is 0 Å². The lowest BCUT2D eigenvalue weighted by atomic mass is 10.1. The highest BCUT2D eigenvalue weighted by atomic mass is 32.1. The van der Waals surface area contributed by atoms with Crippen LogP contribution >= 0.6 is 11.3 Å². The van der Waals surface area contributed by atoms with E-state index in [1.807, 2.05) is 59.7 Å². The number of benzene rings is 2. The molecule has 3 amide bonds. The molecular weight excluding hydrogens is 887 g/mol. The number of carbonyl (C=O) groups excluding carboxylic acids is 3. The van der Waals surface area contributed by atoms with Gasteiger partial charge in [0.2, 0.25) is 11.9 Å². The fraction of sp³-hybridized carbons (Fsp3) is 0.612. The van der Waals surface area contributed by atoms with E-state index in [4.69, 9.17) is 23.9 Å². The van der Waals surface area contributed by atoms with Gasteiger partial charge in [-0.05, 0) is 99.4 Å². The number of nitrogens with zero attached hydrogens (tertiary/aromatic N) is 8. The molecular formula is C49H75N11O7S. The minimum Gasteiger partial charge on any atom is -0.462 e. The number of carbonyl (C=O) groups is 3. The van der Waals surface area contributed by atoms with Gasteiger partial charge < -0.3 is 49.6 Å². The van der Waals surface area contributed by atoms with Crippen LogP contribution in [0.1, 0.15) is 94.1 Å². The number of para-hydroxylation sites is 1. The Balaban J connectivity index is 1.19. The van der Waals surface area contributed by atoms with E-state index in [-0.39, 0.29) is 32.2 Å². The molecule has 1 saturated heterocycles. The van der Waals surface area contributed by atoms with Crippen LogP contribution < -0.4 is 20.7 Å². The van der Waals surface area contributed by atoms with Crippen LogP contribution in [0.3, 0.4) is 0 Å². The van der Waals surface area contributed by atoms with Crippen molar-refractivity contribution in [3.63, 3.8) is 0 Å². The zero-order chi connectivity index (χ0) is 49.3. The summed E-state index contributed by atoms with van der Waals surface area (Å²) in [5.41, 5.74) is 1.13. The number of hydrogen-bond acceptors (Lipinski definition) is 16. The van der Waals surface area contributed by atoms with Gasteiger partial charge in [0.05, 0.1) is 10.2 Å². The summed E-state index contributed by atoms with van der Waals surface area (Å²) in [6.07, 6.45) is 1.23. The summed E-state index contributed by atoms with van der Waals surface area (Å²) in [6.45, 7) is 24.5. The Labute approximate surface area is 406 Å². The first-order chi connectivity index (χ1) is 32.2. The molecule has 1 aliphatic rings. The molecule has 5 rings (SSSR count). The fourth-order valence-corrected chi connectivity index (χ4v) is 7.84. The Morgan fingerprint density at radius 3 is 1.62 bits per heavy atom. The highest BCUT2D eigenvalue weighted by Crippen LogP contribution is 2.30. The smallest absolute Gasteiger partial charge is 0.410 e. The van der Waals surface area contributed by atoms with Gasteiger partial charge >= 0.3 is 24.3 Å². The van der Waals surface area contributed by atoms with E-state index in [1.54, 1.807) is 41.9 Å². The molecule has 18 nitrogen and oxygen atoms in total. The second-order valence-electron chi connectivity index (χ2n) is 19.8. The fourth-order valence-electron chi connectivity index (χ4n) is 6.87. The van der Waals surface area contributed by atoms with Gasteiger partial charge in [-0.15, -0.1) is 11.3 Å². The second-order valence-corrected chi connectivity index (χ2v) is 20.8. The van der Waals surface area contributed by atoms with Crippen molar-refractivity contribution in [1.29, 1.82) is 0 Å². The first kappa shape index (κ1) is 53.4. The molecule has 0 atom stereocenters. The van der Waals surface area contributed by atoms with Gasteiger partial charge in [-0.1, -0.05) is 49.7 Å². The van der Waals surface area contributed by atoms with Crippen molar-refractivity contribution in [3.05, 3.63) is 54.1 Å². The summed E-state index contributed by atoms with van der Waals surface area (Å²) < 4.78 is 24.5. The molecule has 3 heterocycles. The highest BCUT2D eigenvalue weighted by molar-refractivity contribution is 7.21. The van der Waals surface area contributed by atoms with E-state index >= 15 is 0 Å². The van der Waals surface area contributed by atoms with Crippen LogP contribution in [0.4, 0.5) is 26.3 Å². The van der Waals surface area contributed by atoms with Crippen molar-refractivity contribution in [2.45, 2.75) is 112 Å². The number of nitrogens with one attached hydrogen (secondary N) is 3. The molecule has 0 radical (unpaired) electrons. The third-order valence-electron chi connectivity index (χ3n) is 10.3. The quantitative estimate of drug-likeness (QED) is 0.0717. The second kappa shape index (κ2) is 25.2. The zero-order valence-corrected chi connectivity index (χ0v) is 42.8. The summed E-state index contributed by atoms with van der Waals surface area (Å²) in [7, 11) is 0. The Bertz CT molecular complexity index is 2130. The number of anilines is 2. The molecule has 0 saturated carbocycles. The van der Waals surface area contributed by atoms with Crippen LogP contribution in [0, 0.1) is 0 Å². The van der Waals surface area contributed by atoms with E-state index in [2.05, 4.69) is 73.1 Å². The van der Waals surface area contributed by atoms with Crippen molar-refractivity contribution in [1.82, 2.24) is 44.9 Å². The minimum atomic E-state index is -0.730. The van der Waals surface area contributed by atoms with Crippen molar-refractivity contribution < 1.29 is 33.3 Å². The molecule has 1 aliphatic heterocycles. The highest BCUT2D eigenvalue weighted by Gasteiger charge is 2.29. The maximum Gasteiger partial charge on any atom is 0.410 e. The van der Waals surface area contributed by atoms with Crippen LogP contribution in [-0.2, 0) is 20.8 Å². The van der Waals surface area contributed by atoms with E-state index in [9.17, 15) is 14.4 Å². The number of rotatable bonds is 16. The number of aromatic nitrogens is 4. The summed E-state index contributed by atoms with van der Waals surface area (Å²) in [6, 6.07) is 16.9.